The van der Waals surface area contributed by atoms with Crippen LogP contribution in [0.4, 0.5) is 13.2 Å². The zero-order valence-corrected chi connectivity index (χ0v) is 18.1. The highest BCUT2D eigenvalue weighted by Gasteiger charge is 2.34. The smallest absolute Gasteiger partial charge is 0.417 e. The molecule has 3 rings (SSSR count). The van der Waals surface area contributed by atoms with Gasteiger partial charge in [-0.15, -0.1) is 0 Å². The minimum atomic E-state index is -4.66. The van der Waals surface area contributed by atoms with Crippen molar-refractivity contribution in [3.05, 3.63) is 52.3 Å². The molecule has 0 saturated carbocycles. The Hall–Kier alpha value is -3.34. The summed E-state index contributed by atoms with van der Waals surface area (Å²) in [6.07, 6.45) is -4.58. The fourth-order valence-corrected chi connectivity index (χ4v) is 4.42. The molecule has 32 heavy (non-hydrogen) atoms. The van der Waals surface area contributed by atoms with E-state index in [4.69, 9.17) is 9.47 Å². The van der Waals surface area contributed by atoms with Crippen LogP contribution in [0.15, 0.2) is 41.4 Å². The van der Waals surface area contributed by atoms with Gasteiger partial charge in [0.25, 0.3) is 5.91 Å². The van der Waals surface area contributed by atoms with Crippen molar-refractivity contribution in [3.63, 3.8) is 0 Å². The van der Waals surface area contributed by atoms with Crippen molar-refractivity contribution in [3.8, 4) is 11.5 Å². The van der Waals surface area contributed by atoms with Gasteiger partial charge in [-0.2, -0.15) is 18.2 Å². The summed E-state index contributed by atoms with van der Waals surface area (Å²) >= 11 is 0.611. The number of nitrogens with zero attached hydrogens (tertiary/aromatic N) is 2. The summed E-state index contributed by atoms with van der Waals surface area (Å²) in [4.78, 5) is 28.6. The van der Waals surface area contributed by atoms with E-state index in [0.717, 1.165) is 10.6 Å². The van der Waals surface area contributed by atoms with Crippen molar-refractivity contribution in [2.45, 2.75) is 25.6 Å². The summed E-state index contributed by atoms with van der Waals surface area (Å²) in [5, 5.41) is 9.65. The van der Waals surface area contributed by atoms with Crippen molar-refractivity contribution < 1.29 is 37.3 Å². The molecule has 1 amide bonds. The number of carboxylic acids is 1. The highest BCUT2D eigenvalue weighted by atomic mass is 32.1. The van der Waals surface area contributed by atoms with E-state index >= 15 is 0 Å². The SMILES string of the molecule is CCC(C(=O)O)n1c(=NC(=O)c2cc(OC)cc(OC)c2)sc2c(C(F)(F)F)cccc21. The zero-order chi connectivity index (χ0) is 23.6. The first-order valence-electron chi connectivity index (χ1n) is 9.36. The largest absolute Gasteiger partial charge is 0.497 e. The number of aromatic nitrogens is 1. The van der Waals surface area contributed by atoms with Gasteiger partial charge in [0, 0.05) is 11.6 Å². The Balaban J connectivity index is 2.31. The average molecular weight is 468 g/mol. The molecule has 0 saturated heterocycles. The van der Waals surface area contributed by atoms with Gasteiger partial charge in [-0.25, -0.2) is 4.79 Å². The number of alkyl halides is 3. The second-order valence-electron chi connectivity index (χ2n) is 6.69. The van der Waals surface area contributed by atoms with Gasteiger partial charge in [-0.1, -0.05) is 24.3 Å². The summed E-state index contributed by atoms with van der Waals surface area (Å²) in [6, 6.07) is 6.63. The normalized spacial score (nSPS) is 13.2. The lowest BCUT2D eigenvalue weighted by molar-refractivity contribution is -0.141. The maximum atomic E-state index is 13.6. The Morgan fingerprint density at radius 2 is 1.78 bits per heavy atom. The van der Waals surface area contributed by atoms with Crippen LogP contribution in [-0.4, -0.2) is 35.8 Å². The van der Waals surface area contributed by atoms with Crippen LogP contribution in [0, 0.1) is 0 Å². The summed E-state index contributed by atoms with van der Waals surface area (Å²) in [5.41, 5.74) is -0.815. The van der Waals surface area contributed by atoms with Crippen LogP contribution in [0.5, 0.6) is 11.5 Å². The lowest BCUT2D eigenvalue weighted by Gasteiger charge is -2.14. The van der Waals surface area contributed by atoms with Crippen LogP contribution in [0.2, 0.25) is 0 Å². The molecule has 1 heterocycles. The third-order valence-electron chi connectivity index (χ3n) is 4.74. The first-order valence-corrected chi connectivity index (χ1v) is 10.2. The molecular formula is C21H19F3N2O5S. The van der Waals surface area contributed by atoms with Gasteiger partial charge in [0.1, 0.15) is 17.5 Å². The predicted molar refractivity (Wildman–Crippen MR) is 111 cm³/mol. The van der Waals surface area contributed by atoms with Gasteiger partial charge in [-0.3, -0.25) is 4.79 Å². The Morgan fingerprint density at radius 3 is 2.28 bits per heavy atom. The number of carbonyl (C=O) groups is 2. The maximum absolute atomic E-state index is 13.6. The van der Waals surface area contributed by atoms with Gasteiger partial charge in [0.05, 0.1) is 30.0 Å². The Morgan fingerprint density at radius 1 is 1.16 bits per heavy atom. The van der Waals surface area contributed by atoms with Gasteiger partial charge < -0.3 is 19.1 Å². The molecule has 1 atom stereocenters. The number of methoxy groups -OCH3 is 2. The molecule has 1 aromatic heterocycles. The van der Waals surface area contributed by atoms with Gasteiger partial charge in [0.2, 0.25) is 0 Å². The van der Waals surface area contributed by atoms with Gasteiger partial charge in [0.15, 0.2) is 4.80 Å². The van der Waals surface area contributed by atoms with Crippen LogP contribution in [0.1, 0.15) is 35.3 Å². The van der Waals surface area contributed by atoms with Crippen LogP contribution in [0.25, 0.3) is 10.2 Å². The number of thiazole rings is 1. The minimum Gasteiger partial charge on any atom is -0.497 e. The lowest BCUT2D eigenvalue weighted by Crippen LogP contribution is -2.27. The predicted octanol–water partition coefficient (Wildman–Crippen LogP) is 4.52. The van der Waals surface area contributed by atoms with Crippen molar-refractivity contribution in [2.24, 2.45) is 4.99 Å². The van der Waals surface area contributed by atoms with E-state index in [2.05, 4.69) is 4.99 Å². The van der Waals surface area contributed by atoms with E-state index in [1.807, 2.05) is 0 Å². The van der Waals surface area contributed by atoms with E-state index in [-0.39, 0.29) is 27.0 Å². The van der Waals surface area contributed by atoms with E-state index in [1.165, 1.54) is 38.5 Å². The summed E-state index contributed by atoms with van der Waals surface area (Å²) in [6.45, 7) is 1.58. The number of aliphatic carboxylic acids is 1. The van der Waals surface area contributed by atoms with E-state index < -0.39 is 29.7 Å². The van der Waals surface area contributed by atoms with Crippen LogP contribution in [0.3, 0.4) is 0 Å². The fourth-order valence-electron chi connectivity index (χ4n) is 3.22. The van der Waals surface area contributed by atoms with Crippen LogP contribution >= 0.6 is 11.3 Å². The second kappa shape index (κ2) is 9.03. The zero-order valence-electron chi connectivity index (χ0n) is 17.3. The first kappa shape index (κ1) is 23.3. The van der Waals surface area contributed by atoms with Crippen LogP contribution < -0.4 is 14.3 Å². The second-order valence-corrected chi connectivity index (χ2v) is 7.66. The Bertz CT molecular complexity index is 1220. The summed E-state index contributed by atoms with van der Waals surface area (Å²) in [7, 11) is 2.80. The Kier molecular flexibility index (Phi) is 6.58. The van der Waals surface area contributed by atoms with Crippen LogP contribution in [-0.2, 0) is 11.0 Å². The molecule has 0 aliphatic rings. The average Bonchev–Trinajstić information content (AvgIpc) is 3.10. The number of hydrogen-bond acceptors (Lipinski definition) is 5. The molecule has 0 bridgehead atoms. The molecule has 0 fully saturated rings. The van der Waals surface area contributed by atoms with E-state index in [0.29, 0.717) is 22.8 Å². The topological polar surface area (TPSA) is 90.1 Å². The lowest BCUT2D eigenvalue weighted by atomic mass is 10.1. The minimum absolute atomic E-state index is 0.0360. The standard InChI is InChI=1S/C21H19F3N2O5S/c1-4-15(19(28)29)26-16-7-5-6-14(21(22,23)24)17(16)32-20(26)25-18(27)11-8-12(30-2)10-13(9-11)31-3/h5-10,15H,4H2,1-3H3,(H,28,29). The monoisotopic (exact) mass is 468 g/mol. The fraction of sp³-hybridized carbons (Fsp3) is 0.286. The third kappa shape index (κ3) is 4.47. The number of fused-ring (bicyclic) bond motifs is 1. The molecule has 0 radical (unpaired) electrons. The first-order chi connectivity index (χ1) is 15.1. The number of hydrogen-bond donors (Lipinski definition) is 1. The number of ether oxygens (including phenoxy) is 2. The number of carboxylic acid groups (broad SMARTS) is 1. The van der Waals surface area contributed by atoms with E-state index in [9.17, 15) is 27.9 Å². The molecule has 1 N–H and O–H groups in total. The molecule has 1 unspecified atom stereocenters. The molecule has 0 spiro atoms. The van der Waals surface area contributed by atoms with Crippen molar-refractivity contribution in [2.75, 3.05) is 14.2 Å². The highest BCUT2D eigenvalue weighted by Crippen LogP contribution is 2.37. The molecule has 0 aliphatic carbocycles. The third-order valence-corrected chi connectivity index (χ3v) is 5.84. The number of rotatable bonds is 6. The summed E-state index contributed by atoms with van der Waals surface area (Å²) < 4.78 is 51.9. The van der Waals surface area contributed by atoms with Crippen molar-refractivity contribution in [1.29, 1.82) is 0 Å². The number of carbonyl (C=O) groups excluding carboxylic acids is 1. The highest BCUT2D eigenvalue weighted by molar-refractivity contribution is 7.16. The molecule has 170 valence electrons. The number of halogens is 3. The molecule has 3 aromatic rings. The number of amides is 1. The van der Waals surface area contributed by atoms with Gasteiger partial charge >= 0.3 is 12.1 Å². The van der Waals surface area contributed by atoms with Crippen molar-refractivity contribution >= 4 is 33.4 Å². The van der Waals surface area contributed by atoms with Gasteiger partial charge in [-0.05, 0) is 30.7 Å². The summed E-state index contributed by atoms with van der Waals surface area (Å²) in [5.74, 6) is -1.38. The Labute approximate surface area is 184 Å². The number of benzene rings is 2. The molecule has 2 aromatic carbocycles. The maximum Gasteiger partial charge on any atom is 0.417 e. The molecule has 7 nitrogen and oxygen atoms in total. The molecule has 0 aliphatic heterocycles. The molecular weight excluding hydrogens is 449 g/mol. The van der Waals surface area contributed by atoms with Crippen molar-refractivity contribution in [1.82, 2.24) is 4.57 Å². The molecule has 11 heteroatoms. The van der Waals surface area contributed by atoms with E-state index in [1.54, 1.807) is 13.0 Å². The quantitative estimate of drug-likeness (QED) is 0.575.